The molecule has 1 aliphatic heterocycles. The number of oxazole rings is 1. The van der Waals surface area contributed by atoms with Crippen LogP contribution in [0.25, 0.3) is 5.57 Å². The summed E-state index contributed by atoms with van der Waals surface area (Å²) in [5, 5.41) is 4.87. The summed E-state index contributed by atoms with van der Waals surface area (Å²) in [5.41, 5.74) is 4.20. The molecule has 0 N–H and O–H groups in total. The fraction of sp³-hybridized carbons (Fsp3) is 0.545. The van der Waals surface area contributed by atoms with E-state index in [1.807, 2.05) is 26.0 Å². The lowest BCUT2D eigenvalue weighted by atomic mass is 9.95. The van der Waals surface area contributed by atoms with Crippen molar-refractivity contribution in [2.75, 3.05) is 0 Å². The van der Waals surface area contributed by atoms with Gasteiger partial charge in [0, 0.05) is 31.1 Å². The first-order valence-corrected chi connectivity index (χ1v) is 10.3. The zero-order valence-electron chi connectivity index (χ0n) is 16.7. The van der Waals surface area contributed by atoms with E-state index in [4.69, 9.17) is 9.52 Å². The van der Waals surface area contributed by atoms with Crippen LogP contribution in [0, 0.1) is 25.7 Å². The van der Waals surface area contributed by atoms with Crippen molar-refractivity contribution in [2.45, 2.75) is 65.5 Å². The standard InChI is InChI=1S/C22H27FN4O/c1-13-8-17(6-7-18(13)23)19-9-14(2)27(25-19)11-21(16-4-5-16)26-10-20-22(12-26)28-15(3)24-20/h6-9,13,16,18,21H,4-5,10-12H2,1-3H3. The quantitative estimate of drug-likeness (QED) is 0.777. The van der Waals surface area contributed by atoms with Crippen molar-refractivity contribution in [3.8, 4) is 0 Å². The lowest BCUT2D eigenvalue weighted by Gasteiger charge is -2.27. The lowest BCUT2D eigenvalue weighted by Crippen LogP contribution is -2.37. The van der Waals surface area contributed by atoms with Crippen molar-refractivity contribution in [1.29, 1.82) is 0 Å². The highest BCUT2D eigenvalue weighted by Gasteiger charge is 2.39. The Kier molecular flexibility index (Phi) is 4.27. The molecule has 6 heteroatoms. The Bertz CT molecular complexity index is 928. The summed E-state index contributed by atoms with van der Waals surface area (Å²) in [7, 11) is 0. The highest BCUT2D eigenvalue weighted by Crippen LogP contribution is 2.39. The van der Waals surface area contributed by atoms with Crippen molar-refractivity contribution < 1.29 is 8.81 Å². The molecule has 1 fully saturated rings. The summed E-state index contributed by atoms with van der Waals surface area (Å²) in [4.78, 5) is 7.02. The highest BCUT2D eigenvalue weighted by molar-refractivity contribution is 5.73. The molecule has 3 aliphatic rings. The van der Waals surface area contributed by atoms with Crippen molar-refractivity contribution in [2.24, 2.45) is 11.8 Å². The third kappa shape index (κ3) is 3.24. The number of rotatable bonds is 5. The van der Waals surface area contributed by atoms with E-state index in [-0.39, 0.29) is 5.92 Å². The summed E-state index contributed by atoms with van der Waals surface area (Å²) >= 11 is 0. The molecule has 5 rings (SSSR count). The molecular weight excluding hydrogens is 355 g/mol. The van der Waals surface area contributed by atoms with Gasteiger partial charge in [0.05, 0.1) is 24.5 Å². The Labute approximate surface area is 164 Å². The third-order valence-electron chi connectivity index (χ3n) is 6.26. The van der Waals surface area contributed by atoms with E-state index >= 15 is 0 Å². The number of aryl methyl sites for hydroxylation is 2. The minimum Gasteiger partial charge on any atom is -0.444 e. The second-order valence-electron chi connectivity index (χ2n) is 8.55. The van der Waals surface area contributed by atoms with Crippen LogP contribution in [0.4, 0.5) is 4.39 Å². The zero-order chi connectivity index (χ0) is 19.4. The average molecular weight is 382 g/mol. The highest BCUT2D eigenvalue weighted by atomic mass is 19.1. The van der Waals surface area contributed by atoms with Gasteiger partial charge in [-0.1, -0.05) is 19.1 Å². The molecule has 2 aliphatic carbocycles. The predicted octanol–water partition coefficient (Wildman–Crippen LogP) is 4.21. The SMILES string of the molecule is Cc1nc2c(o1)CN(C(Cn1nc(C3=CC(C)C(F)C=C3)cc1C)C1CC1)C2. The minimum atomic E-state index is -0.899. The monoisotopic (exact) mass is 382 g/mol. The molecule has 1 saturated carbocycles. The Morgan fingerprint density at radius 2 is 2.11 bits per heavy atom. The van der Waals surface area contributed by atoms with Gasteiger partial charge in [-0.25, -0.2) is 9.37 Å². The number of allylic oxidation sites excluding steroid dienone is 4. The van der Waals surface area contributed by atoms with Gasteiger partial charge in [-0.05, 0) is 43.4 Å². The molecule has 0 saturated heterocycles. The second-order valence-corrected chi connectivity index (χ2v) is 8.55. The normalized spacial score (nSPS) is 25.8. The Hall–Kier alpha value is -2.21. The van der Waals surface area contributed by atoms with Crippen LogP contribution in [0.1, 0.15) is 48.5 Å². The molecule has 0 radical (unpaired) electrons. The predicted molar refractivity (Wildman–Crippen MR) is 105 cm³/mol. The average Bonchev–Trinajstić information content (AvgIpc) is 3.19. The first-order valence-electron chi connectivity index (χ1n) is 10.3. The number of hydrogen-bond donors (Lipinski definition) is 0. The number of aromatic nitrogens is 3. The van der Waals surface area contributed by atoms with Crippen LogP contribution in [0.15, 0.2) is 28.7 Å². The molecule has 2 aromatic rings. The van der Waals surface area contributed by atoms with E-state index in [1.54, 1.807) is 6.08 Å². The van der Waals surface area contributed by atoms with E-state index in [9.17, 15) is 4.39 Å². The lowest BCUT2D eigenvalue weighted by molar-refractivity contribution is 0.145. The van der Waals surface area contributed by atoms with Crippen molar-refractivity contribution in [3.63, 3.8) is 0 Å². The summed E-state index contributed by atoms with van der Waals surface area (Å²) < 4.78 is 21.6. The molecule has 0 amide bonds. The largest absolute Gasteiger partial charge is 0.444 e. The number of halogens is 1. The first kappa shape index (κ1) is 17.9. The topological polar surface area (TPSA) is 47.1 Å². The van der Waals surface area contributed by atoms with Gasteiger partial charge in [0.25, 0.3) is 0 Å². The second kappa shape index (κ2) is 6.69. The van der Waals surface area contributed by atoms with Crippen LogP contribution in [0.5, 0.6) is 0 Å². The smallest absolute Gasteiger partial charge is 0.191 e. The van der Waals surface area contributed by atoms with Gasteiger partial charge in [-0.15, -0.1) is 0 Å². The molecule has 28 heavy (non-hydrogen) atoms. The van der Waals surface area contributed by atoms with E-state index in [2.05, 4.69) is 27.6 Å². The van der Waals surface area contributed by atoms with Gasteiger partial charge in [-0.2, -0.15) is 5.10 Å². The summed E-state index contributed by atoms with van der Waals surface area (Å²) in [6.07, 6.45) is 7.16. The molecular formula is C22H27FN4O. The van der Waals surface area contributed by atoms with Crippen molar-refractivity contribution >= 4 is 5.57 Å². The maximum atomic E-state index is 13.7. The van der Waals surface area contributed by atoms with Crippen LogP contribution in [-0.2, 0) is 19.6 Å². The van der Waals surface area contributed by atoms with Gasteiger partial charge in [-0.3, -0.25) is 9.58 Å². The van der Waals surface area contributed by atoms with Crippen LogP contribution in [0.3, 0.4) is 0 Å². The van der Waals surface area contributed by atoms with Gasteiger partial charge >= 0.3 is 0 Å². The van der Waals surface area contributed by atoms with Crippen LogP contribution in [-0.4, -0.2) is 31.9 Å². The van der Waals surface area contributed by atoms with Crippen LogP contribution >= 0.6 is 0 Å². The third-order valence-corrected chi connectivity index (χ3v) is 6.26. The summed E-state index contributed by atoms with van der Waals surface area (Å²) in [6, 6.07) is 2.56. The Balaban J connectivity index is 1.35. The van der Waals surface area contributed by atoms with Gasteiger partial charge in [0.1, 0.15) is 11.9 Å². The zero-order valence-corrected chi connectivity index (χ0v) is 16.7. The Morgan fingerprint density at radius 1 is 1.29 bits per heavy atom. The maximum absolute atomic E-state index is 13.7. The van der Waals surface area contributed by atoms with Crippen LogP contribution < -0.4 is 0 Å². The molecule has 0 aromatic carbocycles. The molecule has 3 heterocycles. The van der Waals surface area contributed by atoms with Gasteiger partial charge in [0.2, 0.25) is 0 Å². The Morgan fingerprint density at radius 3 is 2.82 bits per heavy atom. The number of alkyl halides is 1. The first-order chi connectivity index (χ1) is 13.5. The minimum absolute atomic E-state index is 0.105. The van der Waals surface area contributed by atoms with E-state index in [0.717, 1.165) is 59.9 Å². The fourth-order valence-electron chi connectivity index (χ4n) is 4.46. The van der Waals surface area contributed by atoms with Gasteiger partial charge in [0.15, 0.2) is 5.89 Å². The molecule has 3 atom stereocenters. The molecule has 0 spiro atoms. The molecule has 0 bridgehead atoms. The van der Waals surface area contributed by atoms with Gasteiger partial charge < -0.3 is 4.42 Å². The van der Waals surface area contributed by atoms with Crippen molar-refractivity contribution in [3.05, 3.63) is 53.0 Å². The van der Waals surface area contributed by atoms with E-state index < -0.39 is 6.17 Å². The molecule has 5 nitrogen and oxygen atoms in total. The molecule has 2 aromatic heterocycles. The van der Waals surface area contributed by atoms with Crippen LogP contribution in [0.2, 0.25) is 0 Å². The summed E-state index contributed by atoms with van der Waals surface area (Å²) in [5.74, 6) is 2.40. The number of nitrogens with zero attached hydrogens (tertiary/aromatic N) is 4. The van der Waals surface area contributed by atoms with E-state index in [1.165, 1.54) is 12.8 Å². The fourth-order valence-corrected chi connectivity index (χ4v) is 4.46. The molecule has 3 unspecified atom stereocenters. The summed E-state index contributed by atoms with van der Waals surface area (Å²) in [6.45, 7) is 8.51. The molecule has 148 valence electrons. The maximum Gasteiger partial charge on any atom is 0.191 e. The van der Waals surface area contributed by atoms with E-state index in [0.29, 0.717) is 6.04 Å². The number of fused-ring (bicyclic) bond motifs is 1. The van der Waals surface area contributed by atoms with Crippen molar-refractivity contribution in [1.82, 2.24) is 19.7 Å². The number of hydrogen-bond acceptors (Lipinski definition) is 4.